The maximum absolute atomic E-state index is 13.1. The number of hydrogen-bond donors (Lipinski definition) is 1. The Balaban J connectivity index is 1.64. The Morgan fingerprint density at radius 3 is 2.69 bits per heavy atom. The number of carbonyl (C=O) groups is 1. The minimum atomic E-state index is 0.00665. The lowest BCUT2D eigenvalue weighted by atomic mass is 10.0. The number of fused-ring (bicyclic) bond motifs is 1. The van der Waals surface area contributed by atoms with Crippen molar-refractivity contribution in [3.8, 4) is 11.5 Å². The predicted octanol–water partition coefficient (Wildman–Crippen LogP) is 2.95. The molecule has 0 bridgehead atoms. The van der Waals surface area contributed by atoms with Crippen molar-refractivity contribution in [2.75, 3.05) is 20.8 Å². The quantitative estimate of drug-likeness (QED) is 0.781. The van der Waals surface area contributed by atoms with E-state index in [9.17, 15) is 4.79 Å². The molecular weight excluding hydrogens is 332 g/mol. The van der Waals surface area contributed by atoms with E-state index >= 15 is 0 Å². The van der Waals surface area contributed by atoms with Crippen LogP contribution < -0.4 is 9.47 Å². The van der Waals surface area contributed by atoms with Gasteiger partial charge >= 0.3 is 0 Å². The number of H-pyrrole nitrogens is 1. The van der Waals surface area contributed by atoms with Gasteiger partial charge in [0.25, 0.3) is 5.91 Å². The summed E-state index contributed by atoms with van der Waals surface area (Å²) in [5.74, 6) is 1.36. The Morgan fingerprint density at radius 1 is 1.08 bits per heavy atom. The Labute approximate surface area is 150 Å². The molecule has 1 unspecified atom stereocenters. The highest BCUT2D eigenvalue weighted by Crippen LogP contribution is 2.37. The molecule has 7 nitrogen and oxygen atoms in total. The van der Waals surface area contributed by atoms with Gasteiger partial charge in [0.2, 0.25) is 0 Å². The van der Waals surface area contributed by atoms with Crippen molar-refractivity contribution < 1.29 is 14.3 Å². The van der Waals surface area contributed by atoms with Crippen LogP contribution in [0.3, 0.4) is 0 Å². The molecule has 3 aromatic rings. The van der Waals surface area contributed by atoms with Crippen LogP contribution in [-0.2, 0) is 0 Å². The maximum atomic E-state index is 13.1. The summed E-state index contributed by atoms with van der Waals surface area (Å²) in [6.45, 7) is 0.731. The van der Waals surface area contributed by atoms with Crippen LogP contribution >= 0.6 is 0 Å². The average Bonchev–Trinajstić information content (AvgIpc) is 3.35. The Bertz CT molecular complexity index is 953. The number of aromatic amines is 1. The van der Waals surface area contributed by atoms with Crippen LogP contribution in [0.1, 0.15) is 34.8 Å². The van der Waals surface area contributed by atoms with Gasteiger partial charge in [0.1, 0.15) is 11.0 Å². The van der Waals surface area contributed by atoms with Gasteiger partial charge in [-0.2, -0.15) is 15.4 Å². The molecule has 1 aliphatic heterocycles. The van der Waals surface area contributed by atoms with Gasteiger partial charge in [-0.15, -0.1) is 0 Å². The number of ether oxygens (including phenoxy) is 2. The summed E-state index contributed by atoms with van der Waals surface area (Å²) in [5, 5.41) is 10.7. The minimum absolute atomic E-state index is 0.00665. The van der Waals surface area contributed by atoms with Crippen molar-refractivity contribution in [3.05, 3.63) is 47.5 Å². The van der Waals surface area contributed by atoms with Crippen molar-refractivity contribution in [3.63, 3.8) is 0 Å². The van der Waals surface area contributed by atoms with E-state index in [2.05, 4.69) is 15.4 Å². The first-order chi connectivity index (χ1) is 12.7. The normalized spacial score (nSPS) is 16.8. The highest BCUT2D eigenvalue weighted by Gasteiger charge is 2.31. The van der Waals surface area contributed by atoms with E-state index in [-0.39, 0.29) is 11.9 Å². The average molecular weight is 352 g/mol. The first-order valence-corrected chi connectivity index (χ1v) is 8.54. The molecule has 2 heterocycles. The minimum Gasteiger partial charge on any atom is -0.493 e. The smallest absolute Gasteiger partial charge is 0.254 e. The first kappa shape index (κ1) is 16.4. The van der Waals surface area contributed by atoms with Gasteiger partial charge in [0.15, 0.2) is 11.5 Å². The number of amides is 1. The number of nitrogens with zero attached hydrogens (tertiary/aromatic N) is 3. The van der Waals surface area contributed by atoms with Crippen molar-refractivity contribution in [1.29, 1.82) is 0 Å². The zero-order chi connectivity index (χ0) is 18.1. The van der Waals surface area contributed by atoms with Gasteiger partial charge in [-0.3, -0.25) is 4.79 Å². The van der Waals surface area contributed by atoms with Crippen LogP contribution in [0.5, 0.6) is 11.5 Å². The molecule has 1 aliphatic rings. The lowest BCUT2D eigenvalue weighted by Gasteiger charge is -2.26. The number of nitrogens with one attached hydrogen (secondary N) is 1. The van der Waals surface area contributed by atoms with Gasteiger partial charge in [0.05, 0.1) is 20.3 Å². The highest BCUT2D eigenvalue weighted by molar-refractivity contribution is 5.97. The van der Waals surface area contributed by atoms with Crippen LogP contribution in [0.15, 0.2) is 36.4 Å². The van der Waals surface area contributed by atoms with Crippen LogP contribution in [0.4, 0.5) is 0 Å². The third-order valence-corrected chi connectivity index (χ3v) is 4.87. The molecule has 7 heteroatoms. The van der Waals surface area contributed by atoms with Crippen LogP contribution in [0.25, 0.3) is 11.0 Å². The number of methoxy groups -OCH3 is 2. The van der Waals surface area contributed by atoms with E-state index in [1.807, 2.05) is 29.2 Å². The molecule has 1 aromatic heterocycles. The van der Waals surface area contributed by atoms with Gasteiger partial charge in [-0.25, -0.2) is 0 Å². The molecule has 1 N–H and O–H groups in total. The summed E-state index contributed by atoms with van der Waals surface area (Å²) in [4.78, 5) is 15.0. The standard InChI is InChI=1S/C19H20N4O3/c1-25-17-8-6-12(11-18(17)26-2)16-4-3-9-23(16)19(24)13-5-7-14-15(10-13)21-22-20-14/h5-8,10-11,16H,3-4,9H2,1-2H3,(H,20,21,22). The number of carbonyl (C=O) groups excluding carboxylic acids is 1. The van der Waals surface area contributed by atoms with E-state index in [0.717, 1.165) is 30.5 Å². The van der Waals surface area contributed by atoms with Crippen molar-refractivity contribution in [2.24, 2.45) is 0 Å². The zero-order valence-electron chi connectivity index (χ0n) is 14.7. The van der Waals surface area contributed by atoms with E-state index in [4.69, 9.17) is 9.47 Å². The highest BCUT2D eigenvalue weighted by atomic mass is 16.5. The number of aromatic nitrogens is 3. The van der Waals surface area contributed by atoms with Crippen molar-refractivity contribution in [1.82, 2.24) is 20.3 Å². The SMILES string of the molecule is COc1ccc(C2CCCN2C(=O)c2ccc3n[nH]nc3c2)cc1OC. The second kappa shape index (κ2) is 6.67. The molecule has 0 saturated carbocycles. The molecule has 0 spiro atoms. The molecule has 1 amide bonds. The monoisotopic (exact) mass is 352 g/mol. The Kier molecular flexibility index (Phi) is 4.20. The van der Waals surface area contributed by atoms with Gasteiger partial charge in [-0.1, -0.05) is 6.07 Å². The summed E-state index contributed by atoms with van der Waals surface area (Å²) >= 11 is 0. The number of hydrogen-bond acceptors (Lipinski definition) is 5. The third-order valence-electron chi connectivity index (χ3n) is 4.87. The zero-order valence-corrected chi connectivity index (χ0v) is 14.7. The van der Waals surface area contributed by atoms with E-state index in [1.165, 1.54) is 0 Å². The van der Waals surface area contributed by atoms with Gasteiger partial charge in [-0.05, 0) is 48.7 Å². The van der Waals surface area contributed by atoms with Crippen molar-refractivity contribution in [2.45, 2.75) is 18.9 Å². The second-order valence-corrected chi connectivity index (χ2v) is 6.30. The van der Waals surface area contributed by atoms with Crippen LogP contribution in [0, 0.1) is 0 Å². The summed E-state index contributed by atoms with van der Waals surface area (Å²) < 4.78 is 10.7. The van der Waals surface area contributed by atoms with Gasteiger partial charge in [0, 0.05) is 12.1 Å². The lowest BCUT2D eigenvalue weighted by Crippen LogP contribution is -2.30. The topological polar surface area (TPSA) is 80.3 Å². The molecule has 0 radical (unpaired) electrons. The van der Waals surface area contributed by atoms with Crippen LogP contribution in [0.2, 0.25) is 0 Å². The van der Waals surface area contributed by atoms with Gasteiger partial charge < -0.3 is 14.4 Å². The largest absolute Gasteiger partial charge is 0.493 e. The molecule has 4 rings (SSSR count). The Morgan fingerprint density at radius 2 is 1.88 bits per heavy atom. The van der Waals surface area contributed by atoms with Crippen molar-refractivity contribution >= 4 is 16.9 Å². The molecule has 26 heavy (non-hydrogen) atoms. The van der Waals surface area contributed by atoms with E-state index in [1.54, 1.807) is 26.4 Å². The molecule has 2 aromatic carbocycles. The number of benzene rings is 2. The predicted molar refractivity (Wildman–Crippen MR) is 96.4 cm³/mol. The Hall–Kier alpha value is -3.09. The maximum Gasteiger partial charge on any atom is 0.254 e. The fourth-order valence-electron chi connectivity index (χ4n) is 3.56. The lowest BCUT2D eigenvalue weighted by molar-refractivity contribution is 0.0735. The molecule has 1 atom stereocenters. The number of likely N-dealkylation sites (tertiary alicyclic amines) is 1. The molecule has 1 saturated heterocycles. The first-order valence-electron chi connectivity index (χ1n) is 8.54. The molecule has 134 valence electrons. The molecule has 0 aliphatic carbocycles. The summed E-state index contributed by atoms with van der Waals surface area (Å²) in [7, 11) is 3.23. The fourth-order valence-corrected chi connectivity index (χ4v) is 3.56. The summed E-state index contributed by atoms with van der Waals surface area (Å²) in [5.41, 5.74) is 3.12. The summed E-state index contributed by atoms with van der Waals surface area (Å²) in [6.07, 6.45) is 1.89. The molecular formula is C19H20N4O3. The summed E-state index contributed by atoms with van der Waals surface area (Å²) in [6, 6.07) is 11.3. The second-order valence-electron chi connectivity index (χ2n) is 6.30. The third kappa shape index (κ3) is 2.75. The van der Waals surface area contributed by atoms with E-state index in [0.29, 0.717) is 22.6 Å². The number of rotatable bonds is 4. The molecule has 1 fully saturated rings. The van der Waals surface area contributed by atoms with Crippen LogP contribution in [-0.4, -0.2) is 47.0 Å². The fraction of sp³-hybridized carbons (Fsp3) is 0.316. The van der Waals surface area contributed by atoms with E-state index < -0.39 is 0 Å².